The van der Waals surface area contributed by atoms with Crippen LogP contribution < -0.4 is 10.6 Å². The summed E-state index contributed by atoms with van der Waals surface area (Å²) in [7, 11) is 0. The molecule has 0 spiro atoms. The van der Waals surface area contributed by atoms with E-state index in [1.165, 1.54) is 6.07 Å². The Balaban J connectivity index is 1.82. The number of alkyl halides is 3. The van der Waals surface area contributed by atoms with Gasteiger partial charge in [0.25, 0.3) is 0 Å². The summed E-state index contributed by atoms with van der Waals surface area (Å²) in [5.74, 6) is 0.532. The molecule has 0 aliphatic carbocycles. The summed E-state index contributed by atoms with van der Waals surface area (Å²) in [6, 6.07) is 4.01. The topological polar surface area (TPSA) is 54.1 Å². The normalized spacial score (nSPS) is 26.1. The molecule has 2 aliphatic heterocycles. The minimum absolute atomic E-state index is 0.00200. The molecule has 2 N–H and O–H groups in total. The number of benzene rings is 1. The molecule has 7 heteroatoms. The van der Waals surface area contributed by atoms with Gasteiger partial charge >= 0.3 is 6.18 Å². The first-order valence-corrected chi connectivity index (χ1v) is 8.10. The number of hydrogen-bond acceptors (Lipinski definition) is 4. The van der Waals surface area contributed by atoms with Gasteiger partial charge in [-0.25, -0.2) is 0 Å². The molecule has 0 radical (unpaired) electrons. The Morgan fingerprint density at radius 3 is 2.62 bits per heavy atom. The average molecular weight is 341 g/mol. The van der Waals surface area contributed by atoms with Crippen LogP contribution in [0.5, 0.6) is 0 Å². The van der Waals surface area contributed by atoms with Crippen molar-refractivity contribution < 1.29 is 17.9 Å². The van der Waals surface area contributed by atoms with Crippen LogP contribution in [-0.4, -0.2) is 36.7 Å². The fourth-order valence-electron chi connectivity index (χ4n) is 3.27. The number of ether oxygens (including phenoxy) is 1. The molecule has 2 unspecified atom stereocenters. The number of aliphatic imine (C=N–C) groups is 1. The molecule has 3 atom stereocenters. The van der Waals surface area contributed by atoms with Crippen LogP contribution in [0.15, 0.2) is 23.2 Å². The van der Waals surface area contributed by atoms with Gasteiger partial charge in [-0.1, -0.05) is 0 Å². The highest BCUT2D eigenvalue weighted by molar-refractivity contribution is 5.88. The first-order chi connectivity index (χ1) is 11.2. The van der Waals surface area contributed by atoms with E-state index in [1.54, 1.807) is 13.0 Å². The zero-order valence-corrected chi connectivity index (χ0v) is 14.0. The highest BCUT2D eigenvalue weighted by Gasteiger charge is 2.46. The zero-order chi connectivity index (χ0) is 17.6. The van der Waals surface area contributed by atoms with Crippen LogP contribution in [0.3, 0.4) is 0 Å². The van der Waals surface area contributed by atoms with Crippen molar-refractivity contribution >= 4 is 11.5 Å². The predicted molar refractivity (Wildman–Crippen MR) is 87.4 cm³/mol. The number of aryl methyl sites for hydroxylation is 1. The van der Waals surface area contributed by atoms with E-state index in [4.69, 9.17) is 10.5 Å². The van der Waals surface area contributed by atoms with Crippen LogP contribution in [0.1, 0.15) is 31.4 Å². The van der Waals surface area contributed by atoms with Gasteiger partial charge in [-0.2, -0.15) is 13.2 Å². The summed E-state index contributed by atoms with van der Waals surface area (Å²) >= 11 is 0. The Labute approximate surface area is 139 Å². The second-order valence-corrected chi connectivity index (χ2v) is 6.78. The third-order valence-corrected chi connectivity index (χ3v) is 4.57. The fraction of sp³-hybridized carbons (Fsp3) is 0.588. The van der Waals surface area contributed by atoms with E-state index in [1.807, 2.05) is 13.8 Å². The number of hydrogen-bond donors (Lipinski definition) is 1. The van der Waals surface area contributed by atoms with Crippen LogP contribution in [0.25, 0.3) is 0 Å². The number of nitrogens with two attached hydrogens (primary N) is 1. The maximum Gasteiger partial charge on any atom is 0.416 e. The van der Waals surface area contributed by atoms with Gasteiger partial charge in [0.2, 0.25) is 0 Å². The molecule has 0 saturated carbocycles. The highest BCUT2D eigenvalue weighted by atomic mass is 19.4. The van der Waals surface area contributed by atoms with Gasteiger partial charge in [-0.3, -0.25) is 4.99 Å². The van der Waals surface area contributed by atoms with Gasteiger partial charge < -0.3 is 15.4 Å². The van der Waals surface area contributed by atoms with E-state index in [-0.39, 0.29) is 24.3 Å². The van der Waals surface area contributed by atoms with Crippen molar-refractivity contribution in [2.75, 3.05) is 11.4 Å². The largest absolute Gasteiger partial charge is 0.416 e. The second kappa shape index (κ2) is 5.95. The number of halogens is 3. The molecule has 1 aromatic rings. The SMILES string of the molecule is Cc1cc(C(F)(F)F)ccc1N(C[C@H]1CC2OC2C(N)=N1)C(C)C. The molecule has 0 aromatic heterocycles. The molecule has 4 nitrogen and oxygen atoms in total. The van der Waals surface area contributed by atoms with Crippen LogP contribution in [0.2, 0.25) is 0 Å². The smallest absolute Gasteiger partial charge is 0.385 e. The van der Waals surface area contributed by atoms with Crippen molar-refractivity contribution in [1.82, 2.24) is 0 Å². The van der Waals surface area contributed by atoms with Crippen molar-refractivity contribution in [2.45, 2.75) is 57.7 Å². The van der Waals surface area contributed by atoms with Gasteiger partial charge in [0.05, 0.1) is 17.7 Å². The Morgan fingerprint density at radius 2 is 2.08 bits per heavy atom. The number of fused-ring (bicyclic) bond motifs is 1. The maximum absolute atomic E-state index is 12.9. The highest BCUT2D eigenvalue weighted by Crippen LogP contribution is 2.35. The summed E-state index contributed by atoms with van der Waals surface area (Å²) in [6.45, 7) is 6.35. The Kier molecular flexibility index (Phi) is 4.23. The van der Waals surface area contributed by atoms with E-state index in [0.29, 0.717) is 17.9 Å². The van der Waals surface area contributed by atoms with Crippen molar-refractivity contribution in [3.63, 3.8) is 0 Å². The molecule has 24 heavy (non-hydrogen) atoms. The summed E-state index contributed by atoms with van der Waals surface area (Å²) in [5, 5.41) is 0. The van der Waals surface area contributed by atoms with Gasteiger partial charge in [0, 0.05) is 24.7 Å². The number of rotatable bonds is 4. The average Bonchev–Trinajstić information content (AvgIpc) is 3.24. The van der Waals surface area contributed by atoms with E-state index < -0.39 is 11.7 Å². The molecule has 1 fully saturated rings. The lowest BCUT2D eigenvalue weighted by molar-refractivity contribution is -0.137. The number of nitrogens with zero attached hydrogens (tertiary/aromatic N) is 2. The number of amidine groups is 1. The van der Waals surface area contributed by atoms with E-state index in [9.17, 15) is 13.2 Å². The number of epoxide rings is 1. The van der Waals surface area contributed by atoms with Gasteiger partial charge in [-0.15, -0.1) is 0 Å². The lowest BCUT2D eigenvalue weighted by atomic mass is 10.0. The summed E-state index contributed by atoms with van der Waals surface area (Å²) < 4.78 is 44.0. The molecule has 2 aliphatic rings. The minimum Gasteiger partial charge on any atom is -0.385 e. The van der Waals surface area contributed by atoms with E-state index in [0.717, 1.165) is 18.2 Å². The fourth-order valence-corrected chi connectivity index (χ4v) is 3.27. The van der Waals surface area contributed by atoms with Crippen LogP contribution >= 0.6 is 0 Å². The zero-order valence-electron chi connectivity index (χ0n) is 14.0. The van der Waals surface area contributed by atoms with Crippen molar-refractivity contribution in [2.24, 2.45) is 10.7 Å². The lowest BCUT2D eigenvalue weighted by Gasteiger charge is -2.33. The Bertz CT molecular complexity index is 657. The van der Waals surface area contributed by atoms with Crippen molar-refractivity contribution in [3.8, 4) is 0 Å². The summed E-state index contributed by atoms with van der Waals surface area (Å²) in [5.41, 5.74) is 6.66. The van der Waals surface area contributed by atoms with Crippen LogP contribution in [-0.2, 0) is 10.9 Å². The molecule has 1 saturated heterocycles. The van der Waals surface area contributed by atoms with E-state index >= 15 is 0 Å². The molecule has 0 bridgehead atoms. The monoisotopic (exact) mass is 341 g/mol. The lowest BCUT2D eigenvalue weighted by Crippen LogP contribution is -2.41. The molecule has 2 heterocycles. The standard InChI is InChI=1S/C17H22F3N3O/c1-9(2)23(8-12-7-14-15(24-14)16(21)22-12)13-5-4-11(6-10(13)3)17(18,19)20/h4-6,9,12,14-15H,7-8H2,1-3H3,(H2,21,22)/t12-,14?,15?/m1/s1. The van der Waals surface area contributed by atoms with Crippen molar-refractivity contribution in [3.05, 3.63) is 29.3 Å². The molecule has 132 valence electrons. The quantitative estimate of drug-likeness (QED) is 0.856. The maximum atomic E-state index is 12.9. The Hall–Kier alpha value is -1.76. The predicted octanol–water partition coefficient (Wildman–Crippen LogP) is 3.13. The molecular weight excluding hydrogens is 319 g/mol. The number of anilines is 1. The van der Waals surface area contributed by atoms with Crippen LogP contribution in [0, 0.1) is 6.92 Å². The molecular formula is C17H22F3N3O. The summed E-state index contributed by atoms with van der Waals surface area (Å²) in [6.07, 6.45) is -3.41. The van der Waals surface area contributed by atoms with Gasteiger partial charge in [0.15, 0.2) is 0 Å². The van der Waals surface area contributed by atoms with Crippen molar-refractivity contribution in [1.29, 1.82) is 0 Å². The molecule has 0 amide bonds. The molecule has 1 aromatic carbocycles. The minimum atomic E-state index is -4.33. The van der Waals surface area contributed by atoms with Gasteiger partial charge in [-0.05, 0) is 44.5 Å². The summed E-state index contributed by atoms with van der Waals surface area (Å²) in [4.78, 5) is 6.57. The molecule has 3 rings (SSSR count). The first kappa shape index (κ1) is 17.1. The van der Waals surface area contributed by atoms with Gasteiger partial charge in [0.1, 0.15) is 11.9 Å². The Morgan fingerprint density at radius 1 is 1.38 bits per heavy atom. The third kappa shape index (κ3) is 3.36. The van der Waals surface area contributed by atoms with E-state index in [2.05, 4.69) is 9.89 Å². The third-order valence-electron chi connectivity index (χ3n) is 4.57. The first-order valence-electron chi connectivity index (χ1n) is 8.10. The second-order valence-electron chi connectivity index (χ2n) is 6.78. The van der Waals surface area contributed by atoms with Crippen LogP contribution in [0.4, 0.5) is 18.9 Å².